The van der Waals surface area contributed by atoms with Crippen LogP contribution in [-0.2, 0) is 9.53 Å². The first-order chi connectivity index (χ1) is 6.12. The van der Waals surface area contributed by atoms with Crippen LogP contribution in [0.15, 0.2) is 0 Å². The highest BCUT2D eigenvalue weighted by molar-refractivity contribution is 5.71. The van der Waals surface area contributed by atoms with E-state index in [-0.39, 0.29) is 17.6 Å². The minimum absolute atomic E-state index is 0.191. The summed E-state index contributed by atoms with van der Waals surface area (Å²) in [7, 11) is 1.81. The third-order valence-electron chi connectivity index (χ3n) is 2.57. The van der Waals surface area contributed by atoms with Crippen LogP contribution in [0, 0.1) is 0 Å². The van der Waals surface area contributed by atoms with E-state index < -0.39 is 0 Å². The maximum atomic E-state index is 11.2. The lowest BCUT2D eigenvalue weighted by molar-refractivity contribution is -0.147. The van der Waals surface area contributed by atoms with E-state index >= 15 is 0 Å². The molecule has 1 aliphatic carbocycles. The Labute approximate surface area is 78.3 Å². The zero-order chi connectivity index (χ0) is 9.90. The van der Waals surface area contributed by atoms with Gasteiger partial charge in [-0.25, -0.2) is 0 Å². The maximum Gasteiger partial charge on any atom is 0.307 e. The Morgan fingerprint density at radius 1 is 1.69 bits per heavy atom. The molecule has 4 heteroatoms. The third kappa shape index (κ3) is 2.42. The number of aliphatic hydroxyl groups is 1. The van der Waals surface area contributed by atoms with Crippen LogP contribution in [0.2, 0.25) is 0 Å². The fraction of sp³-hybridized carbons (Fsp3) is 0.889. The quantitative estimate of drug-likeness (QED) is 0.611. The van der Waals surface area contributed by atoms with Crippen LogP contribution in [0.1, 0.15) is 26.2 Å². The summed E-state index contributed by atoms with van der Waals surface area (Å²) in [6, 6.07) is 0. The molecule has 1 fully saturated rings. The molecule has 0 radical (unpaired) electrons. The zero-order valence-corrected chi connectivity index (χ0v) is 8.17. The van der Waals surface area contributed by atoms with E-state index in [1.54, 1.807) is 6.92 Å². The molecule has 1 aliphatic rings. The lowest BCUT2D eigenvalue weighted by Crippen LogP contribution is -2.57. The van der Waals surface area contributed by atoms with Crippen LogP contribution in [0.5, 0.6) is 0 Å². The van der Waals surface area contributed by atoms with E-state index in [0.29, 0.717) is 25.9 Å². The van der Waals surface area contributed by atoms with Gasteiger partial charge in [-0.1, -0.05) is 0 Å². The van der Waals surface area contributed by atoms with Crippen LogP contribution in [0.3, 0.4) is 0 Å². The van der Waals surface area contributed by atoms with Crippen LogP contribution >= 0.6 is 0 Å². The van der Waals surface area contributed by atoms with Gasteiger partial charge in [0.25, 0.3) is 0 Å². The lowest BCUT2D eigenvalue weighted by atomic mass is 9.72. The molecule has 0 aromatic carbocycles. The second-order valence-electron chi connectivity index (χ2n) is 3.57. The monoisotopic (exact) mass is 187 g/mol. The number of esters is 1. The Balaban J connectivity index is 2.37. The molecule has 76 valence electrons. The Hall–Kier alpha value is -0.610. The highest BCUT2D eigenvalue weighted by atomic mass is 16.5. The van der Waals surface area contributed by atoms with Crippen molar-refractivity contribution in [3.8, 4) is 0 Å². The summed E-state index contributed by atoms with van der Waals surface area (Å²) >= 11 is 0. The zero-order valence-electron chi connectivity index (χ0n) is 8.17. The molecular weight excluding hydrogens is 170 g/mol. The molecule has 0 atom stereocenters. The Bertz CT molecular complexity index is 187. The number of ether oxygens (including phenoxy) is 1. The molecule has 4 nitrogen and oxygen atoms in total. The van der Waals surface area contributed by atoms with Gasteiger partial charge < -0.3 is 15.2 Å². The van der Waals surface area contributed by atoms with Gasteiger partial charge in [-0.3, -0.25) is 4.79 Å². The highest BCUT2D eigenvalue weighted by Crippen LogP contribution is 2.35. The van der Waals surface area contributed by atoms with E-state index in [9.17, 15) is 4.79 Å². The maximum absolute atomic E-state index is 11.2. The predicted octanol–water partition coefficient (Wildman–Crippen LogP) is 0.0525. The molecule has 0 heterocycles. The van der Waals surface area contributed by atoms with Crippen molar-refractivity contribution in [2.75, 3.05) is 13.7 Å². The Morgan fingerprint density at radius 2 is 2.31 bits per heavy atom. The summed E-state index contributed by atoms with van der Waals surface area (Å²) < 4.78 is 4.85. The summed E-state index contributed by atoms with van der Waals surface area (Å²) in [5.74, 6) is -0.191. The van der Waals surface area contributed by atoms with Crippen molar-refractivity contribution in [1.82, 2.24) is 5.32 Å². The van der Waals surface area contributed by atoms with Crippen LogP contribution < -0.4 is 5.32 Å². The average Bonchev–Trinajstić information content (AvgIpc) is 2.01. The van der Waals surface area contributed by atoms with Gasteiger partial charge in [-0.05, 0) is 26.8 Å². The largest absolute Gasteiger partial charge is 0.466 e. The molecule has 13 heavy (non-hydrogen) atoms. The highest BCUT2D eigenvalue weighted by Gasteiger charge is 2.44. The Morgan fingerprint density at radius 3 is 2.69 bits per heavy atom. The summed E-state index contributed by atoms with van der Waals surface area (Å²) in [5.41, 5.74) is -0.217. The number of hydrogen-bond acceptors (Lipinski definition) is 4. The van der Waals surface area contributed by atoms with Gasteiger partial charge in [0.1, 0.15) is 0 Å². The molecule has 0 saturated heterocycles. The lowest BCUT2D eigenvalue weighted by Gasteiger charge is -2.44. The van der Waals surface area contributed by atoms with Crippen LogP contribution in [0.4, 0.5) is 0 Å². The van der Waals surface area contributed by atoms with E-state index in [2.05, 4.69) is 5.32 Å². The predicted molar refractivity (Wildman–Crippen MR) is 48.3 cm³/mol. The van der Waals surface area contributed by atoms with Crippen LogP contribution in [0.25, 0.3) is 0 Å². The number of nitrogens with one attached hydrogen (secondary N) is 1. The molecule has 0 unspecified atom stereocenters. The van der Waals surface area contributed by atoms with Gasteiger partial charge in [-0.2, -0.15) is 0 Å². The van der Waals surface area contributed by atoms with Gasteiger partial charge in [0.15, 0.2) is 0 Å². The van der Waals surface area contributed by atoms with E-state index in [0.717, 1.165) is 0 Å². The van der Waals surface area contributed by atoms with E-state index in [1.165, 1.54) is 0 Å². The van der Waals surface area contributed by atoms with Gasteiger partial charge in [0, 0.05) is 5.54 Å². The minimum atomic E-state index is -0.262. The molecule has 1 saturated carbocycles. The van der Waals surface area contributed by atoms with Gasteiger partial charge >= 0.3 is 5.97 Å². The first-order valence-corrected chi connectivity index (χ1v) is 4.64. The topological polar surface area (TPSA) is 58.6 Å². The van der Waals surface area contributed by atoms with Crippen molar-refractivity contribution in [2.45, 2.75) is 37.8 Å². The normalized spacial score (nSPS) is 32.4. The molecule has 0 aromatic heterocycles. The number of aliphatic hydroxyl groups excluding tert-OH is 1. The molecule has 1 rings (SSSR count). The summed E-state index contributed by atoms with van der Waals surface area (Å²) in [6.45, 7) is 2.21. The van der Waals surface area contributed by atoms with Gasteiger partial charge in [0.05, 0.1) is 19.1 Å². The van der Waals surface area contributed by atoms with Crippen molar-refractivity contribution in [1.29, 1.82) is 0 Å². The molecule has 0 aliphatic heterocycles. The second-order valence-corrected chi connectivity index (χ2v) is 3.57. The number of carbonyl (C=O) groups is 1. The molecule has 0 aromatic rings. The minimum Gasteiger partial charge on any atom is -0.466 e. The Kier molecular flexibility index (Phi) is 3.27. The summed E-state index contributed by atoms with van der Waals surface area (Å²) in [6.07, 6.45) is 1.38. The van der Waals surface area contributed by atoms with Crippen molar-refractivity contribution >= 4 is 5.97 Å². The SMILES string of the molecule is CCOC(=O)CC1(NC)CC(O)C1. The van der Waals surface area contributed by atoms with Gasteiger partial charge in [-0.15, -0.1) is 0 Å². The first kappa shape index (κ1) is 10.5. The van der Waals surface area contributed by atoms with Crippen molar-refractivity contribution < 1.29 is 14.6 Å². The van der Waals surface area contributed by atoms with Crippen molar-refractivity contribution in [3.63, 3.8) is 0 Å². The van der Waals surface area contributed by atoms with Crippen LogP contribution in [-0.4, -0.2) is 36.4 Å². The van der Waals surface area contributed by atoms with Gasteiger partial charge in [0.2, 0.25) is 0 Å². The first-order valence-electron chi connectivity index (χ1n) is 4.64. The third-order valence-corrected chi connectivity index (χ3v) is 2.57. The number of rotatable bonds is 4. The summed E-state index contributed by atoms with van der Waals surface area (Å²) in [5, 5.41) is 12.2. The number of carbonyl (C=O) groups excluding carboxylic acids is 1. The fourth-order valence-corrected chi connectivity index (χ4v) is 1.77. The molecular formula is C9H17NO3. The number of hydrogen-bond donors (Lipinski definition) is 2. The standard InChI is InChI=1S/C9H17NO3/c1-3-13-8(12)6-9(10-2)4-7(11)5-9/h7,10-11H,3-6H2,1-2H3. The molecule has 2 N–H and O–H groups in total. The smallest absolute Gasteiger partial charge is 0.307 e. The van der Waals surface area contributed by atoms with E-state index in [4.69, 9.17) is 9.84 Å². The molecule has 0 spiro atoms. The van der Waals surface area contributed by atoms with Crippen molar-refractivity contribution in [2.24, 2.45) is 0 Å². The second kappa shape index (κ2) is 4.07. The molecule has 0 amide bonds. The average molecular weight is 187 g/mol. The fourth-order valence-electron chi connectivity index (χ4n) is 1.77. The molecule has 0 bridgehead atoms. The van der Waals surface area contributed by atoms with Crippen molar-refractivity contribution in [3.05, 3.63) is 0 Å². The van der Waals surface area contributed by atoms with E-state index in [1.807, 2.05) is 7.05 Å². The summed E-state index contributed by atoms with van der Waals surface area (Å²) in [4.78, 5) is 11.2.